The Morgan fingerprint density at radius 1 is 1.06 bits per heavy atom. The molecule has 0 aliphatic carbocycles. The van der Waals surface area contributed by atoms with Crippen LogP contribution in [0.4, 0.5) is 0 Å². The Hall–Kier alpha value is -1.80. The second-order valence-electron chi connectivity index (χ2n) is 4.54. The molecule has 0 saturated carbocycles. The quantitative estimate of drug-likeness (QED) is 0.887. The minimum Gasteiger partial charge on any atom is -0.489 e. The fourth-order valence-electron chi connectivity index (χ4n) is 1.92. The molecule has 1 atom stereocenters. The summed E-state index contributed by atoms with van der Waals surface area (Å²) in [6.07, 6.45) is 0. The number of aryl methyl sites for hydroxylation is 1. The maximum atomic E-state index is 5.93. The molecule has 2 aromatic rings. The molecule has 2 heteroatoms. The van der Waals surface area contributed by atoms with E-state index >= 15 is 0 Å². The first-order chi connectivity index (χ1) is 8.68. The monoisotopic (exact) mass is 241 g/mol. The third-order valence-corrected chi connectivity index (χ3v) is 3.05. The molecule has 0 heterocycles. The van der Waals surface area contributed by atoms with Crippen molar-refractivity contribution in [1.82, 2.24) is 0 Å². The minimum atomic E-state index is -0.0157. The second-order valence-corrected chi connectivity index (χ2v) is 4.54. The first-order valence-corrected chi connectivity index (χ1v) is 6.20. The molecule has 0 aliphatic heterocycles. The second kappa shape index (κ2) is 5.69. The molecule has 0 bridgehead atoms. The molecule has 0 aromatic heterocycles. The van der Waals surface area contributed by atoms with Gasteiger partial charge in [0.15, 0.2) is 0 Å². The van der Waals surface area contributed by atoms with Crippen LogP contribution in [0.5, 0.6) is 5.75 Å². The maximum Gasteiger partial charge on any atom is 0.124 e. The summed E-state index contributed by atoms with van der Waals surface area (Å²) in [5.41, 5.74) is 9.43. The van der Waals surface area contributed by atoms with E-state index in [1.54, 1.807) is 0 Å². The van der Waals surface area contributed by atoms with E-state index in [4.69, 9.17) is 10.5 Å². The van der Waals surface area contributed by atoms with Gasteiger partial charge in [0.05, 0.1) is 0 Å². The maximum absolute atomic E-state index is 5.93. The van der Waals surface area contributed by atoms with Crippen molar-refractivity contribution in [1.29, 1.82) is 0 Å². The first kappa shape index (κ1) is 12.7. The Labute approximate surface area is 108 Å². The molecule has 0 amide bonds. The Balaban J connectivity index is 2.14. The molecule has 0 aliphatic rings. The SMILES string of the molecule is Cc1ccccc1COc1ccccc1[C@H](C)N. The van der Waals surface area contributed by atoms with Crippen LogP contribution >= 0.6 is 0 Å². The van der Waals surface area contributed by atoms with E-state index < -0.39 is 0 Å². The van der Waals surface area contributed by atoms with Crippen molar-refractivity contribution >= 4 is 0 Å². The highest BCUT2D eigenvalue weighted by molar-refractivity contribution is 5.36. The van der Waals surface area contributed by atoms with Gasteiger partial charge in [0.1, 0.15) is 12.4 Å². The number of nitrogens with two attached hydrogens (primary N) is 1. The number of para-hydroxylation sites is 1. The molecular weight excluding hydrogens is 222 g/mol. The predicted octanol–water partition coefficient (Wildman–Crippen LogP) is 3.59. The van der Waals surface area contributed by atoms with Crippen molar-refractivity contribution < 1.29 is 4.74 Å². The molecule has 2 rings (SSSR count). The van der Waals surface area contributed by atoms with Crippen LogP contribution in [0.15, 0.2) is 48.5 Å². The van der Waals surface area contributed by atoms with Crippen molar-refractivity contribution in [3.63, 3.8) is 0 Å². The number of benzene rings is 2. The fraction of sp³-hybridized carbons (Fsp3) is 0.250. The number of rotatable bonds is 4. The highest BCUT2D eigenvalue weighted by Gasteiger charge is 2.07. The van der Waals surface area contributed by atoms with Gasteiger partial charge in [-0.2, -0.15) is 0 Å². The average Bonchev–Trinajstić information content (AvgIpc) is 2.38. The molecule has 0 saturated heterocycles. The summed E-state index contributed by atoms with van der Waals surface area (Å²) in [6.45, 7) is 4.64. The molecule has 2 N–H and O–H groups in total. The highest BCUT2D eigenvalue weighted by Crippen LogP contribution is 2.24. The van der Waals surface area contributed by atoms with Gasteiger partial charge >= 0.3 is 0 Å². The largest absolute Gasteiger partial charge is 0.489 e. The molecule has 0 radical (unpaired) electrons. The Morgan fingerprint density at radius 3 is 2.44 bits per heavy atom. The zero-order valence-corrected chi connectivity index (χ0v) is 10.9. The van der Waals surface area contributed by atoms with Crippen molar-refractivity contribution in [3.05, 3.63) is 65.2 Å². The molecule has 0 spiro atoms. The van der Waals surface area contributed by atoms with Crippen molar-refractivity contribution in [2.75, 3.05) is 0 Å². The summed E-state index contributed by atoms with van der Waals surface area (Å²) >= 11 is 0. The molecule has 0 fully saturated rings. The first-order valence-electron chi connectivity index (χ1n) is 6.20. The highest BCUT2D eigenvalue weighted by atomic mass is 16.5. The summed E-state index contributed by atoms with van der Waals surface area (Å²) in [4.78, 5) is 0. The predicted molar refractivity (Wildman–Crippen MR) is 74.6 cm³/mol. The zero-order chi connectivity index (χ0) is 13.0. The molecule has 2 aromatic carbocycles. The van der Waals surface area contributed by atoms with E-state index in [9.17, 15) is 0 Å². The van der Waals surface area contributed by atoms with E-state index in [-0.39, 0.29) is 6.04 Å². The van der Waals surface area contributed by atoms with Gasteiger partial charge in [-0.15, -0.1) is 0 Å². The Morgan fingerprint density at radius 2 is 1.72 bits per heavy atom. The van der Waals surface area contributed by atoms with Gasteiger partial charge in [-0.1, -0.05) is 42.5 Å². The van der Waals surface area contributed by atoms with Crippen molar-refractivity contribution in [2.45, 2.75) is 26.5 Å². The van der Waals surface area contributed by atoms with Crippen LogP contribution in [0, 0.1) is 6.92 Å². The van der Waals surface area contributed by atoms with Crippen LogP contribution in [0.25, 0.3) is 0 Å². The lowest BCUT2D eigenvalue weighted by Gasteiger charge is -2.14. The summed E-state index contributed by atoms with van der Waals surface area (Å²) in [5.74, 6) is 0.871. The molecular formula is C16H19NO. The van der Waals surface area contributed by atoms with Crippen LogP contribution < -0.4 is 10.5 Å². The van der Waals surface area contributed by atoms with Crippen LogP contribution in [-0.2, 0) is 6.61 Å². The van der Waals surface area contributed by atoms with E-state index in [0.717, 1.165) is 11.3 Å². The molecule has 2 nitrogen and oxygen atoms in total. The molecule has 0 unspecified atom stereocenters. The third kappa shape index (κ3) is 2.90. The van der Waals surface area contributed by atoms with Crippen molar-refractivity contribution in [3.8, 4) is 5.75 Å². The van der Waals surface area contributed by atoms with Gasteiger partial charge in [0, 0.05) is 11.6 Å². The zero-order valence-electron chi connectivity index (χ0n) is 10.9. The normalized spacial score (nSPS) is 12.2. The van der Waals surface area contributed by atoms with Gasteiger partial charge in [-0.05, 0) is 31.0 Å². The molecule has 94 valence electrons. The average molecular weight is 241 g/mol. The standard InChI is InChI=1S/C16H19NO/c1-12-7-3-4-8-14(12)11-18-16-10-6-5-9-15(16)13(2)17/h3-10,13H,11,17H2,1-2H3/t13-/m0/s1. The minimum absolute atomic E-state index is 0.0157. The van der Waals surface area contributed by atoms with Gasteiger partial charge in [0.2, 0.25) is 0 Å². The van der Waals surface area contributed by atoms with Crippen LogP contribution in [0.2, 0.25) is 0 Å². The van der Waals surface area contributed by atoms with E-state index in [1.165, 1.54) is 11.1 Å². The smallest absolute Gasteiger partial charge is 0.124 e. The van der Waals surface area contributed by atoms with E-state index in [1.807, 2.05) is 43.3 Å². The van der Waals surface area contributed by atoms with Crippen LogP contribution in [0.3, 0.4) is 0 Å². The fourth-order valence-corrected chi connectivity index (χ4v) is 1.92. The number of hydrogen-bond acceptors (Lipinski definition) is 2. The van der Waals surface area contributed by atoms with E-state index in [2.05, 4.69) is 19.1 Å². The van der Waals surface area contributed by atoms with Gasteiger partial charge in [-0.3, -0.25) is 0 Å². The van der Waals surface area contributed by atoms with Crippen molar-refractivity contribution in [2.24, 2.45) is 5.73 Å². The van der Waals surface area contributed by atoms with E-state index in [0.29, 0.717) is 6.61 Å². The van der Waals surface area contributed by atoms with Gasteiger partial charge < -0.3 is 10.5 Å². The number of ether oxygens (including phenoxy) is 1. The van der Waals surface area contributed by atoms with Gasteiger partial charge in [-0.25, -0.2) is 0 Å². The topological polar surface area (TPSA) is 35.2 Å². The lowest BCUT2D eigenvalue weighted by Crippen LogP contribution is -2.08. The summed E-state index contributed by atoms with van der Waals surface area (Å²) in [5, 5.41) is 0. The summed E-state index contributed by atoms with van der Waals surface area (Å²) < 4.78 is 5.89. The molecule has 18 heavy (non-hydrogen) atoms. The van der Waals surface area contributed by atoms with Gasteiger partial charge in [0.25, 0.3) is 0 Å². The van der Waals surface area contributed by atoms with Crippen LogP contribution in [-0.4, -0.2) is 0 Å². The Bertz CT molecular complexity index is 520. The number of hydrogen-bond donors (Lipinski definition) is 1. The summed E-state index contributed by atoms with van der Waals surface area (Å²) in [7, 11) is 0. The lowest BCUT2D eigenvalue weighted by atomic mass is 10.1. The Kier molecular flexibility index (Phi) is 4.00. The lowest BCUT2D eigenvalue weighted by molar-refractivity contribution is 0.301. The van der Waals surface area contributed by atoms with Crippen LogP contribution in [0.1, 0.15) is 29.7 Å². The summed E-state index contributed by atoms with van der Waals surface area (Å²) in [6, 6.07) is 16.2. The third-order valence-electron chi connectivity index (χ3n) is 3.05.